The van der Waals surface area contributed by atoms with Crippen LogP contribution in [0.4, 0.5) is 5.95 Å². The van der Waals surface area contributed by atoms with Gasteiger partial charge in [-0.15, -0.1) is 0 Å². The summed E-state index contributed by atoms with van der Waals surface area (Å²) >= 11 is 0. The number of rotatable bonds is 5. The van der Waals surface area contributed by atoms with Crippen LogP contribution in [-0.4, -0.2) is 28.6 Å². The van der Waals surface area contributed by atoms with Gasteiger partial charge in [0, 0.05) is 29.7 Å². The van der Waals surface area contributed by atoms with Crippen molar-refractivity contribution in [1.82, 2.24) is 15.0 Å². The summed E-state index contributed by atoms with van der Waals surface area (Å²) in [6.07, 6.45) is 2.54. The Balaban J connectivity index is 1.99. The number of aryl methyl sites for hydroxylation is 2. The van der Waals surface area contributed by atoms with E-state index < -0.39 is 0 Å². The number of hydrogen-bond acceptors (Lipinski definition) is 5. The normalized spacial score (nSPS) is 10.4. The van der Waals surface area contributed by atoms with E-state index in [1.54, 1.807) is 13.3 Å². The molecule has 1 N–H and O–H groups in total. The van der Waals surface area contributed by atoms with E-state index in [4.69, 9.17) is 4.74 Å². The summed E-state index contributed by atoms with van der Waals surface area (Å²) < 4.78 is 5.23. The summed E-state index contributed by atoms with van der Waals surface area (Å²) in [5.74, 6) is 1.35. The average molecular weight is 272 g/mol. The van der Waals surface area contributed by atoms with Gasteiger partial charge in [-0.2, -0.15) is 0 Å². The Bertz CT molecular complexity index is 575. The van der Waals surface area contributed by atoms with Crippen LogP contribution in [0.15, 0.2) is 18.3 Å². The number of hydrogen-bond donors (Lipinski definition) is 1. The first-order valence-corrected chi connectivity index (χ1v) is 6.65. The highest BCUT2D eigenvalue weighted by molar-refractivity contribution is 5.34. The molecule has 0 aromatic carbocycles. The Hall–Kier alpha value is -2.17. The highest BCUT2D eigenvalue weighted by Crippen LogP contribution is 2.15. The molecule has 106 valence electrons. The molecule has 0 unspecified atom stereocenters. The van der Waals surface area contributed by atoms with Gasteiger partial charge in [0.2, 0.25) is 11.8 Å². The van der Waals surface area contributed by atoms with Crippen molar-refractivity contribution in [1.29, 1.82) is 0 Å². The second kappa shape index (κ2) is 6.32. The molecule has 5 nitrogen and oxygen atoms in total. The van der Waals surface area contributed by atoms with E-state index in [2.05, 4.69) is 20.3 Å². The molecule has 2 rings (SSSR count). The molecule has 0 aliphatic heterocycles. The summed E-state index contributed by atoms with van der Waals surface area (Å²) in [5, 5.41) is 3.25. The monoisotopic (exact) mass is 272 g/mol. The minimum absolute atomic E-state index is 0.673. The first-order valence-electron chi connectivity index (χ1n) is 6.65. The minimum Gasteiger partial charge on any atom is -0.481 e. The predicted molar refractivity (Wildman–Crippen MR) is 79.2 cm³/mol. The molecule has 0 fully saturated rings. The Labute approximate surface area is 119 Å². The lowest BCUT2D eigenvalue weighted by molar-refractivity contribution is 0.392. The van der Waals surface area contributed by atoms with E-state index in [9.17, 15) is 0 Å². The van der Waals surface area contributed by atoms with Gasteiger partial charge in [-0.3, -0.25) is 0 Å². The summed E-state index contributed by atoms with van der Waals surface area (Å²) in [7, 11) is 1.63. The zero-order chi connectivity index (χ0) is 14.5. The smallest absolute Gasteiger partial charge is 0.223 e. The lowest BCUT2D eigenvalue weighted by atomic mass is 10.2. The van der Waals surface area contributed by atoms with Gasteiger partial charge in [0.05, 0.1) is 7.11 Å². The number of methoxy groups -OCH3 is 1. The van der Waals surface area contributed by atoms with Gasteiger partial charge in [0.25, 0.3) is 0 Å². The Morgan fingerprint density at radius 2 is 1.85 bits per heavy atom. The van der Waals surface area contributed by atoms with Crippen LogP contribution in [0.1, 0.15) is 22.5 Å². The maximum Gasteiger partial charge on any atom is 0.223 e. The van der Waals surface area contributed by atoms with Crippen LogP contribution < -0.4 is 10.1 Å². The molecule has 20 heavy (non-hydrogen) atoms. The van der Waals surface area contributed by atoms with Crippen molar-refractivity contribution in [2.75, 3.05) is 19.0 Å². The SMILES string of the molecule is COc1ncccc1CCNc1nc(C)c(C)c(C)n1. The fraction of sp³-hybridized carbons (Fsp3) is 0.400. The summed E-state index contributed by atoms with van der Waals surface area (Å²) in [4.78, 5) is 13.1. The maximum atomic E-state index is 5.23. The number of nitrogens with one attached hydrogen (secondary N) is 1. The topological polar surface area (TPSA) is 59.9 Å². The van der Waals surface area contributed by atoms with Crippen molar-refractivity contribution >= 4 is 5.95 Å². The van der Waals surface area contributed by atoms with Crippen molar-refractivity contribution in [2.24, 2.45) is 0 Å². The third kappa shape index (κ3) is 3.23. The second-order valence-electron chi connectivity index (χ2n) is 4.69. The number of aromatic nitrogens is 3. The van der Waals surface area contributed by atoms with Crippen LogP contribution >= 0.6 is 0 Å². The fourth-order valence-corrected chi connectivity index (χ4v) is 1.96. The summed E-state index contributed by atoms with van der Waals surface area (Å²) in [5.41, 5.74) is 4.24. The molecule has 0 spiro atoms. The summed E-state index contributed by atoms with van der Waals surface area (Å²) in [6, 6.07) is 3.93. The molecule has 0 saturated carbocycles. The number of anilines is 1. The average Bonchev–Trinajstić information content (AvgIpc) is 2.45. The van der Waals surface area contributed by atoms with Crippen molar-refractivity contribution in [2.45, 2.75) is 27.2 Å². The van der Waals surface area contributed by atoms with Crippen molar-refractivity contribution in [3.05, 3.63) is 40.8 Å². The standard InChI is InChI=1S/C15H20N4O/c1-10-11(2)18-15(19-12(10)3)17-9-7-13-6-5-8-16-14(13)20-4/h5-6,8H,7,9H2,1-4H3,(H,17,18,19). The molecule has 5 heteroatoms. The molecule has 0 aliphatic rings. The van der Waals surface area contributed by atoms with E-state index in [0.29, 0.717) is 11.8 Å². The van der Waals surface area contributed by atoms with E-state index in [1.807, 2.05) is 32.9 Å². The first-order chi connectivity index (χ1) is 9.61. The predicted octanol–water partition coefficient (Wildman–Crippen LogP) is 2.46. The number of pyridine rings is 1. The van der Waals surface area contributed by atoms with Crippen LogP contribution in [0.3, 0.4) is 0 Å². The molecule has 0 aliphatic carbocycles. The van der Waals surface area contributed by atoms with Crippen molar-refractivity contribution in [3.8, 4) is 5.88 Å². The Morgan fingerprint density at radius 3 is 2.50 bits per heavy atom. The molecule has 0 amide bonds. The van der Waals surface area contributed by atoms with Crippen molar-refractivity contribution in [3.63, 3.8) is 0 Å². The first kappa shape index (κ1) is 14.2. The number of nitrogens with zero attached hydrogens (tertiary/aromatic N) is 3. The quantitative estimate of drug-likeness (QED) is 0.906. The van der Waals surface area contributed by atoms with Gasteiger partial charge in [0.15, 0.2) is 0 Å². The molecule has 0 bridgehead atoms. The molecule has 0 atom stereocenters. The lowest BCUT2D eigenvalue weighted by Gasteiger charge is -2.10. The van der Waals surface area contributed by atoms with Gasteiger partial charge >= 0.3 is 0 Å². The van der Waals surface area contributed by atoms with Gasteiger partial charge in [-0.05, 0) is 38.8 Å². The Morgan fingerprint density at radius 1 is 1.15 bits per heavy atom. The largest absolute Gasteiger partial charge is 0.481 e. The molecule has 2 heterocycles. The van der Waals surface area contributed by atoms with Crippen LogP contribution in [0.2, 0.25) is 0 Å². The molecular formula is C15H20N4O. The van der Waals surface area contributed by atoms with Crippen LogP contribution in [0.5, 0.6) is 5.88 Å². The zero-order valence-corrected chi connectivity index (χ0v) is 12.4. The third-order valence-electron chi connectivity index (χ3n) is 3.35. The lowest BCUT2D eigenvalue weighted by Crippen LogP contribution is -2.11. The maximum absolute atomic E-state index is 5.23. The van der Waals surface area contributed by atoms with E-state index in [1.165, 1.54) is 0 Å². The zero-order valence-electron chi connectivity index (χ0n) is 12.4. The van der Waals surface area contributed by atoms with Gasteiger partial charge in [-0.1, -0.05) is 6.07 Å². The van der Waals surface area contributed by atoms with Gasteiger partial charge < -0.3 is 10.1 Å². The van der Waals surface area contributed by atoms with Gasteiger partial charge in [-0.25, -0.2) is 15.0 Å². The highest BCUT2D eigenvalue weighted by atomic mass is 16.5. The molecule has 2 aromatic heterocycles. The number of ether oxygens (including phenoxy) is 1. The Kier molecular flexibility index (Phi) is 4.50. The minimum atomic E-state index is 0.673. The summed E-state index contributed by atoms with van der Waals surface area (Å²) in [6.45, 7) is 6.78. The van der Waals surface area contributed by atoms with Crippen LogP contribution in [0, 0.1) is 20.8 Å². The molecular weight excluding hydrogens is 252 g/mol. The van der Waals surface area contributed by atoms with E-state index >= 15 is 0 Å². The van der Waals surface area contributed by atoms with E-state index in [0.717, 1.165) is 35.5 Å². The third-order valence-corrected chi connectivity index (χ3v) is 3.35. The van der Waals surface area contributed by atoms with Crippen LogP contribution in [-0.2, 0) is 6.42 Å². The second-order valence-corrected chi connectivity index (χ2v) is 4.69. The van der Waals surface area contributed by atoms with E-state index in [-0.39, 0.29) is 0 Å². The highest BCUT2D eigenvalue weighted by Gasteiger charge is 2.06. The molecule has 0 radical (unpaired) electrons. The van der Waals surface area contributed by atoms with Crippen molar-refractivity contribution < 1.29 is 4.74 Å². The fourth-order valence-electron chi connectivity index (χ4n) is 1.96. The van der Waals surface area contributed by atoms with Gasteiger partial charge in [0.1, 0.15) is 0 Å². The van der Waals surface area contributed by atoms with Crippen LogP contribution in [0.25, 0.3) is 0 Å². The molecule has 0 saturated heterocycles. The molecule has 2 aromatic rings.